The SMILES string of the molecule is CCOC(=O)[C@H](c1ccc(O)cc1)N(C)C(C)=O. The van der Waals surface area contributed by atoms with Gasteiger partial charge in [-0.1, -0.05) is 12.1 Å². The molecule has 5 heteroatoms. The van der Waals surface area contributed by atoms with Crippen LogP contribution in [0.2, 0.25) is 0 Å². The normalized spacial score (nSPS) is 11.7. The number of amides is 1. The van der Waals surface area contributed by atoms with Gasteiger partial charge in [0.05, 0.1) is 6.61 Å². The van der Waals surface area contributed by atoms with Gasteiger partial charge in [0, 0.05) is 14.0 Å². The van der Waals surface area contributed by atoms with Gasteiger partial charge in [0.1, 0.15) is 5.75 Å². The average molecular weight is 251 g/mol. The Labute approximate surface area is 106 Å². The van der Waals surface area contributed by atoms with Gasteiger partial charge in [0.2, 0.25) is 5.91 Å². The van der Waals surface area contributed by atoms with E-state index in [1.165, 1.54) is 31.0 Å². The molecule has 0 saturated carbocycles. The lowest BCUT2D eigenvalue weighted by Gasteiger charge is -2.25. The standard InChI is InChI=1S/C13H17NO4/c1-4-18-13(17)12(14(3)9(2)15)10-5-7-11(16)8-6-10/h5-8,12,16H,4H2,1-3H3/t12-/m0/s1. The van der Waals surface area contributed by atoms with Crippen LogP contribution >= 0.6 is 0 Å². The van der Waals surface area contributed by atoms with Crippen molar-refractivity contribution in [2.75, 3.05) is 13.7 Å². The summed E-state index contributed by atoms with van der Waals surface area (Å²) in [6.07, 6.45) is 0. The number of phenols is 1. The molecule has 1 rings (SSSR count). The smallest absolute Gasteiger partial charge is 0.333 e. The molecule has 1 atom stereocenters. The third kappa shape index (κ3) is 3.23. The van der Waals surface area contributed by atoms with E-state index < -0.39 is 12.0 Å². The summed E-state index contributed by atoms with van der Waals surface area (Å²) in [7, 11) is 1.54. The third-order valence-electron chi connectivity index (χ3n) is 2.60. The topological polar surface area (TPSA) is 66.8 Å². The number of benzene rings is 1. The van der Waals surface area contributed by atoms with Gasteiger partial charge in [-0.05, 0) is 24.6 Å². The van der Waals surface area contributed by atoms with Crippen LogP contribution in [0.1, 0.15) is 25.5 Å². The van der Waals surface area contributed by atoms with Crippen molar-refractivity contribution in [3.8, 4) is 5.75 Å². The average Bonchev–Trinajstić information content (AvgIpc) is 2.32. The van der Waals surface area contributed by atoms with Crippen molar-refractivity contribution in [2.24, 2.45) is 0 Å². The third-order valence-corrected chi connectivity index (χ3v) is 2.60. The quantitative estimate of drug-likeness (QED) is 0.823. The summed E-state index contributed by atoms with van der Waals surface area (Å²) in [5.74, 6) is -0.617. The molecule has 18 heavy (non-hydrogen) atoms. The molecule has 5 nitrogen and oxygen atoms in total. The van der Waals surface area contributed by atoms with Crippen LogP contribution in [-0.4, -0.2) is 35.5 Å². The minimum Gasteiger partial charge on any atom is -0.508 e. The number of rotatable bonds is 4. The fourth-order valence-corrected chi connectivity index (χ4v) is 1.58. The van der Waals surface area contributed by atoms with Crippen LogP contribution in [0.25, 0.3) is 0 Å². The second-order valence-corrected chi connectivity index (χ2v) is 3.88. The van der Waals surface area contributed by atoms with Crippen LogP contribution in [-0.2, 0) is 14.3 Å². The second-order valence-electron chi connectivity index (χ2n) is 3.88. The van der Waals surface area contributed by atoms with Crippen molar-refractivity contribution in [3.63, 3.8) is 0 Å². The monoisotopic (exact) mass is 251 g/mol. The summed E-state index contributed by atoms with van der Waals surface area (Å²) < 4.78 is 4.96. The van der Waals surface area contributed by atoms with E-state index in [1.807, 2.05) is 0 Å². The molecule has 0 bridgehead atoms. The lowest BCUT2D eigenvalue weighted by Crippen LogP contribution is -2.35. The van der Waals surface area contributed by atoms with Crippen molar-refractivity contribution in [2.45, 2.75) is 19.9 Å². The first kappa shape index (κ1) is 14.0. The van der Waals surface area contributed by atoms with Crippen molar-refractivity contribution in [1.29, 1.82) is 0 Å². The van der Waals surface area contributed by atoms with Crippen LogP contribution in [0, 0.1) is 0 Å². The summed E-state index contributed by atoms with van der Waals surface area (Å²) in [5.41, 5.74) is 0.601. The van der Waals surface area contributed by atoms with Crippen molar-refractivity contribution >= 4 is 11.9 Å². The van der Waals surface area contributed by atoms with Gasteiger partial charge in [-0.25, -0.2) is 4.79 Å². The Morgan fingerprint density at radius 2 is 1.89 bits per heavy atom. The molecule has 1 aromatic carbocycles. The van der Waals surface area contributed by atoms with Gasteiger partial charge >= 0.3 is 5.97 Å². The highest BCUT2D eigenvalue weighted by Gasteiger charge is 2.28. The molecule has 1 N–H and O–H groups in total. The molecule has 0 aliphatic heterocycles. The molecule has 0 fully saturated rings. The number of likely N-dealkylation sites (N-methyl/N-ethyl adjacent to an activating group) is 1. The lowest BCUT2D eigenvalue weighted by molar-refractivity contribution is -0.153. The molecule has 1 amide bonds. The summed E-state index contributed by atoms with van der Waals surface area (Å²) in [5, 5.41) is 9.23. The lowest BCUT2D eigenvalue weighted by atomic mass is 10.1. The first-order valence-electron chi connectivity index (χ1n) is 5.66. The molecule has 0 heterocycles. The van der Waals surface area contributed by atoms with E-state index in [4.69, 9.17) is 4.74 Å². The summed E-state index contributed by atoms with van der Waals surface area (Å²) in [4.78, 5) is 24.6. The molecule has 0 aromatic heterocycles. The molecule has 0 aliphatic carbocycles. The molecule has 0 radical (unpaired) electrons. The maximum absolute atomic E-state index is 11.9. The van der Waals surface area contributed by atoms with Crippen LogP contribution in [0.3, 0.4) is 0 Å². The van der Waals surface area contributed by atoms with Crippen molar-refractivity contribution in [1.82, 2.24) is 4.90 Å². The molecular formula is C13H17NO4. The minimum absolute atomic E-state index is 0.104. The van der Waals surface area contributed by atoms with Crippen molar-refractivity contribution < 1.29 is 19.4 Å². The van der Waals surface area contributed by atoms with Gasteiger partial charge in [-0.2, -0.15) is 0 Å². The largest absolute Gasteiger partial charge is 0.508 e. The maximum Gasteiger partial charge on any atom is 0.333 e. The summed E-state index contributed by atoms with van der Waals surface area (Å²) >= 11 is 0. The fraction of sp³-hybridized carbons (Fsp3) is 0.385. The van der Waals surface area contributed by atoms with Crippen LogP contribution in [0.4, 0.5) is 0 Å². The van der Waals surface area contributed by atoms with Crippen molar-refractivity contribution in [3.05, 3.63) is 29.8 Å². The van der Waals surface area contributed by atoms with E-state index in [2.05, 4.69) is 0 Å². The second kappa shape index (κ2) is 6.05. The highest BCUT2D eigenvalue weighted by atomic mass is 16.5. The highest BCUT2D eigenvalue weighted by molar-refractivity contribution is 5.84. The molecule has 98 valence electrons. The maximum atomic E-state index is 11.9. The van der Waals surface area contributed by atoms with Crippen LogP contribution in [0.15, 0.2) is 24.3 Å². The molecule has 0 spiro atoms. The number of phenolic OH excluding ortho intramolecular Hbond substituents is 1. The van der Waals surface area contributed by atoms with Gasteiger partial charge in [0.15, 0.2) is 6.04 Å². The van der Waals surface area contributed by atoms with Gasteiger partial charge < -0.3 is 14.7 Å². The minimum atomic E-state index is -0.789. The fourth-order valence-electron chi connectivity index (χ4n) is 1.58. The van der Waals surface area contributed by atoms with Gasteiger partial charge in [-0.15, -0.1) is 0 Å². The summed E-state index contributed by atoms with van der Waals surface area (Å²) in [6, 6.07) is 5.33. The molecule has 0 saturated heterocycles. The van der Waals surface area contributed by atoms with E-state index in [9.17, 15) is 14.7 Å². The van der Waals surface area contributed by atoms with Crippen LogP contribution in [0.5, 0.6) is 5.75 Å². The Balaban J connectivity index is 3.07. The number of hydrogen-bond acceptors (Lipinski definition) is 4. The molecular weight excluding hydrogens is 234 g/mol. The zero-order valence-corrected chi connectivity index (χ0v) is 10.7. The Hall–Kier alpha value is -2.04. The van der Waals surface area contributed by atoms with E-state index in [0.717, 1.165) is 0 Å². The first-order valence-corrected chi connectivity index (χ1v) is 5.66. The molecule has 0 aliphatic rings. The predicted molar refractivity (Wildman–Crippen MR) is 65.9 cm³/mol. The van der Waals surface area contributed by atoms with E-state index in [1.54, 1.807) is 19.1 Å². The summed E-state index contributed by atoms with van der Waals surface area (Å²) in [6.45, 7) is 3.34. The highest BCUT2D eigenvalue weighted by Crippen LogP contribution is 2.23. The first-order chi connectivity index (χ1) is 8.47. The zero-order valence-electron chi connectivity index (χ0n) is 10.7. The predicted octanol–water partition coefficient (Wildman–Crippen LogP) is 1.47. The molecule has 1 aromatic rings. The molecule has 0 unspecified atom stereocenters. The Kier molecular flexibility index (Phi) is 4.71. The number of hydrogen-bond donors (Lipinski definition) is 1. The number of ether oxygens (including phenoxy) is 1. The number of aromatic hydroxyl groups is 1. The van der Waals surface area contributed by atoms with E-state index >= 15 is 0 Å². The van der Waals surface area contributed by atoms with Crippen LogP contribution < -0.4 is 0 Å². The Bertz CT molecular complexity index is 427. The number of nitrogens with zero attached hydrogens (tertiary/aromatic N) is 1. The number of carbonyl (C=O) groups excluding carboxylic acids is 2. The van der Waals surface area contributed by atoms with Gasteiger partial charge in [-0.3, -0.25) is 4.79 Å². The van der Waals surface area contributed by atoms with E-state index in [0.29, 0.717) is 5.56 Å². The van der Waals surface area contributed by atoms with Gasteiger partial charge in [0.25, 0.3) is 0 Å². The Morgan fingerprint density at radius 1 is 1.33 bits per heavy atom. The zero-order chi connectivity index (χ0) is 13.7. The number of esters is 1. The Morgan fingerprint density at radius 3 is 2.33 bits per heavy atom. The van der Waals surface area contributed by atoms with E-state index in [-0.39, 0.29) is 18.3 Å². The number of carbonyl (C=O) groups is 2.